The zero-order chi connectivity index (χ0) is 28.3. The highest BCUT2D eigenvalue weighted by Gasteiger charge is 2.35. The fraction of sp³-hybridized carbons (Fsp3) is 0.560. The van der Waals surface area contributed by atoms with Gasteiger partial charge in [0.25, 0.3) is 11.8 Å². The molecule has 2 fully saturated rings. The number of amides is 2. The molecule has 2 aliphatic rings. The first kappa shape index (κ1) is 29.1. The number of carbonyl (C=O) groups is 2. The number of halogens is 2. The monoisotopic (exact) mass is 579 g/mol. The largest absolute Gasteiger partial charge is 0.392 e. The van der Waals surface area contributed by atoms with Gasteiger partial charge in [0.05, 0.1) is 11.7 Å². The van der Waals surface area contributed by atoms with Crippen molar-refractivity contribution in [2.75, 3.05) is 55.6 Å². The van der Waals surface area contributed by atoms with Gasteiger partial charge in [-0.2, -0.15) is 0 Å². The number of aliphatic hydroxyl groups excluding tert-OH is 1. The molecule has 4 rings (SSSR count). The summed E-state index contributed by atoms with van der Waals surface area (Å²) < 4.78 is 0. The minimum absolute atomic E-state index is 0.0125. The molecule has 0 radical (unpaired) electrons. The van der Waals surface area contributed by atoms with Gasteiger partial charge in [-0.05, 0) is 38.3 Å². The highest BCUT2D eigenvalue weighted by molar-refractivity contribution is 6.32. The van der Waals surface area contributed by atoms with Crippen molar-refractivity contribution in [1.29, 1.82) is 0 Å². The maximum Gasteiger partial charge on any atom is 0.273 e. The van der Waals surface area contributed by atoms with E-state index in [0.717, 1.165) is 25.8 Å². The number of nitrogens with two attached hydrogens (primary N) is 2. The summed E-state index contributed by atoms with van der Waals surface area (Å²) in [5, 5.41) is 12.3. The number of hydrogen-bond acceptors (Lipinski definition) is 10. The molecule has 212 valence electrons. The molecule has 0 aromatic carbocycles. The van der Waals surface area contributed by atoms with Gasteiger partial charge < -0.3 is 31.7 Å². The van der Waals surface area contributed by atoms with E-state index in [9.17, 15) is 14.7 Å². The SMILES string of the molecule is CC[C@H]1CN(c2nc(N)c(C(=O)NC[C@@H](C)O)nc2Cl)CCN1C1CCN(C(=O)c2ccc(Cl)nc2N)CC1. The molecule has 6 N–H and O–H groups in total. The molecule has 14 heteroatoms. The molecular weight excluding hydrogens is 545 g/mol. The van der Waals surface area contributed by atoms with Crippen LogP contribution in [0.15, 0.2) is 12.1 Å². The molecule has 2 atom stereocenters. The fourth-order valence-electron chi connectivity index (χ4n) is 5.22. The van der Waals surface area contributed by atoms with Gasteiger partial charge in [0.15, 0.2) is 22.5 Å². The summed E-state index contributed by atoms with van der Waals surface area (Å²) in [6.07, 6.45) is 1.93. The van der Waals surface area contributed by atoms with Gasteiger partial charge in [-0.15, -0.1) is 0 Å². The number of nitrogen functional groups attached to an aromatic ring is 2. The average Bonchev–Trinajstić information content (AvgIpc) is 2.92. The fourth-order valence-corrected chi connectivity index (χ4v) is 5.62. The molecule has 2 aliphatic heterocycles. The van der Waals surface area contributed by atoms with E-state index in [4.69, 9.17) is 34.7 Å². The molecule has 0 aliphatic carbocycles. The van der Waals surface area contributed by atoms with Crippen LogP contribution in [-0.2, 0) is 0 Å². The number of anilines is 3. The topological polar surface area (TPSA) is 167 Å². The molecule has 0 spiro atoms. The number of pyridine rings is 1. The first-order valence-corrected chi connectivity index (χ1v) is 13.9. The van der Waals surface area contributed by atoms with E-state index >= 15 is 0 Å². The van der Waals surface area contributed by atoms with E-state index in [0.29, 0.717) is 43.6 Å². The zero-order valence-corrected chi connectivity index (χ0v) is 23.6. The lowest BCUT2D eigenvalue weighted by Crippen LogP contribution is -2.58. The number of aliphatic hydroxyl groups is 1. The number of piperidine rings is 1. The van der Waals surface area contributed by atoms with Crippen LogP contribution < -0.4 is 21.7 Å². The molecule has 2 amide bonds. The van der Waals surface area contributed by atoms with Gasteiger partial charge in [0.1, 0.15) is 11.0 Å². The standard InChI is InChI=1S/C25H35Cl2N9O3/c1-3-15-13-35(23-20(27)32-19(22(29)33-23)24(38)30-12-14(2)37)10-11-36(15)16-6-8-34(9-7-16)25(39)17-4-5-18(26)31-21(17)28/h4-5,14-16,37H,3,6-13H2,1-2H3,(H2,28,31)(H2,29,33)(H,30,38)/t14-,15+/m1/s1. The van der Waals surface area contributed by atoms with Gasteiger partial charge in [0.2, 0.25) is 0 Å². The van der Waals surface area contributed by atoms with Crippen molar-refractivity contribution in [3.8, 4) is 0 Å². The van der Waals surface area contributed by atoms with Gasteiger partial charge in [-0.25, -0.2) is 15.0 Å². The van der Waals surface area contributed by atoms with E-state index in [1.165, 1.54) is 0 Å². The van der Waals surface area contributed by atoms with E-state index in [2.05, 4.69) is 37.0 Å². The summed E-state index contributed by atoms with van der Waals surface area (Å²) >= 11 is 12.3. The number of likely N-dealkylation sites (tertiary alicyclic amines) is 1. The van der Waals surface area contributed by atoms with Crippen molar-refractivity contribution in [2.45, 2.75) is 51.3 Å². The van der Waals surface area contributed by atoms with Gasteiger partial charge in [-0.3, -0.25) is 14.5 Å². The van der Waals surface area contributed by atoms with Crippen molar-refractivity contribution in [3.63, 3.8) is 0 Å². The van der Waals surface area contributed by atoms with Gasteiger partial charge in [0, 0.05) is 51.4 Å². The Morgan fingerprint density at radius 2 is 1.82 bits per heavy atom. The van der Waals surface area contributed by atoms with Crippen LogP contribution in [0.25, 0.3) is 0 Å². The van der Waals surface area contributed by atoms with Crippen LogP contribution in [0.3, 0.4) is 0 Å². The summed E-state index contributed by atoms with van der Waals surface area (Å²) in [6.45, 7) is 7.19. The quantitative estimate of drug-likeness (QED) is 0.354. The predicted octanol–water partition coefficient (Wildman–Crippen LogP) is 1.66. The Kier molecular flexibility index (Phi) is 9.31. The predicted molar refractivity (Wildman–Crippen MR) is 151 cm³/mol. The van der Waals surface area contributed by atoms with Crippen molar-refractivity contribution < 1.29 is 14.7 Å². The Labute approximate surface area is 237 Å². The van der Waals surface area contributed by atoms with Crippen molar-refractivity contribution in [3.05, 3.63) is 33.7 Å². The lowest BCUT2D eigenvalue weighted by atomic mass is 9.97. The molecule has 2 aromatic heterocycles. The van der Waals surface area contributed by atoms with E-state index < -0.39 is 12.0 Å². The Morgan fingerprint density at radius 1 is 1.10 bits per heavy atom. The minimum Gasteiger partial charge on any atom is -0.392 e. The molecular formula is C25H35Cl2N9O3. The lowest BCUT2D eigenvalue weighted by molar-refractivity contribution is 0.0491. The van der Waals surface area contributed by atoms with Crippen LogP contribution in [0.2, 0.25) is 10.3 Å². The number of nitrogens with zero attached hydrogens (tertiary/aromatic N) is 6. The second kappa shape index (κ2) is 12.5. The highest BCUT2D eigenvalue weighted by Crippen LogP contribution is 2.30. The molecule has 4 heterocycles. The van der Waals surface area contributed by atoms with E-state index in [-0.39, 0.29) is 46.1 Å². The first-order valence-electron chi connectivity index (χ1n) is 13.1. The van der Waals surface area contributed by atoms with Crippen LogP contribution in [0.5, 0.6) is 0 Å². The molecule has 0 unspecified atom stereocenters. The Bertz CT molecular complexity index is 1210. The highest BCUT2D eigenvalue weighted by atomic mass is 35.5. The maximum atomic E-state index is 13.0. The summed E-state index contributed by atoms with van der Waals surface area (Å²) in [5.41, 5.74) is 12.3. The average molecular weight is 581 g/mol. The lowest BCUT2D eigenvalue weighted by Gasteiger charge is -2.47. The number of rotatable bonds is 7. The van der Waals surface area contributed by atoms with Crippen molar-refractivity contribution >= 4 is 52.5 Å². The van der Waals surface area contributed by atoms with Crippen LogP contribution in [0.4, 0.5) is 17.5 Å². The van der Waals surface area contributed by atoms with Crippen molar-refractivity contribution in [2.24, 2.45) is 0 Å². The van der Waals surface area contributed by atoms with Crippen LogP contribution >= 0.6 is 23.2 Å². The van der Waals surface area contributed by atoms with Gasteiger partial charge in [-0.1, -0.05) is 30.1 Å². The summed E-state index contributed by atoms with van der Waals surface area (Å²) in [5.74, 6) is -0.0747. The first-order chi connectivity index (χ1) is 18.6. The molecule has 2 aromatic rings. The Morgan fingerprint density at radius 3 is 2.46 bits per heavy atom. The molecule has 0 saturated carbocycles. The second-order valence-corrected chi connectivity index (χ2v) is 10.7. The third-order valence-electron chi connectivity index (χ3n) is 7.28. The van der Waals surface area contributed by atoms with Crippen LogP contribution in [-0.4, -0.2) is 99.1 Å². The van der Waals surface area contributed by atoms with Crippen LogP contribution in [0.1, 0.15) is 54.0 Å². The third-order valence-corrected chi connectivity index (χ3v) is 7.74. The molecule has 0 bridgehead atoms. The smallest absolute Gasteiger partial charge is 0.273 e. The summed E-state index contributed by atoms with van der Waals surface area (Å²) in [4.78, 5) is 44.4. The van der Waals surface area contributed by atoms with Gasteiger partial charge >= 0.3 is 0 Å². The number of aromatic nitrogens is 3. The van der Waals surface area contributed by atoms with Crippen LogP contribution in [0, 0.1) is 0 Å². The second-order valence-electron chi connectivity index (χ2n) is 9.97. The Balaban J connectivity index is 1.38. The maximum absolute atomic E-state index is 13.0. The number of carbonyl (C=O) groups excluding carboxylic acids is 2. The molecule has 39 heavy (non-hydrogen) atoms. The summed E-state index contributed by atoms with van der Waals surface area (Å²) in [6, 6.07) is 3.79. The number of hydrogen-bond donors (Lipinski definition) is 4. The number of nitrogens with one attached hydrogen (secondary N) is 1. The Hall–Kier alpha value is -2.93. The minimum atomic E-state index is -0.701. The van der Waals surface area contributed by atoms with E-state index in [1.807, 2.05) is 4.90 Å². The molecule has 2 saturated heterocycles. The summed E-state index contributed by atoms with van der Waals surface area (Å²) in [7, 11) is 0. The third kappa shape index (κ3) is 6.63. The van der Waals surface area contributed by atoms with Crippen molar-refractivity contribution in [1.82, 2.24) is 30.1 Å². The number of piperazine rings is 1. The normalized spacial score (nSPS) is 19.7. The molecule has 12 nitrogen and oxygen atoms in total. The van der Waals surface area contributed by atoms with E-state index in [1.54, 1.807) is 19.1 Å². The zero-order valence-electron chi connectivity index (χ0n) is 22.1.